The van der Waals surface area contributed by atoms with E-state index in [0.717, 1.165) is 12.8 Å². The molecule has 4 nitrogen and oxygen atoms in total. The van der Waals surface area contributed by atoms with Gasteiger partial charge >= 0.3 is 0 Å². The van der Waals surface area contributed by atoms with Gasteiger partial charge in [0.15, 0.2) is 0 Å². The van der Waals surface area contributed by atoms with Crippen molar-refractivity contribution in [1.82, 2.24) is 14.9 Å². The molecule has 2 aliphatic heterocycles. The van der Waals surface area contributed by atoms with E-state index in [0.29, 0.717) is 5.82 Å². The molecule has 1 aromatic heterocycles. The molecular formula is C15H13N3O. The van der Waals surface area contributed by atoms with Gasteiger partial charge in [0.05, 0.1) is 12.1 Å². The molecule has 0 saturated carbocycles. The molecule has 1 aromatic carbocycles. The van der Waals surface area contributed by atoms with Gasteiger partial charge in [-0.15, -0.1) is 0 Å². The lowest BCUT2D eigenvalue weighted by molar-refractivity contribution is 0.0684. The fraction of sp³-hybridized carbons (Fsp3) is 0.267. The summed E-state index contributed by atoms with van der Waals surface area (Å²) in [4.78, 5) is 22.7. The summed E-state index contributed by atoms with van der Waals surface area (Å²) in [7, 11) is 0. The van der Waals surface area contributed by atoms with Crippen LogP contribution in [0.2, 0.25) is 0 Å². The van der Waals surface area contributed by atoms with Gasteiger partial charge in [0, 0.05) is 12.4 Å². The molecule has 0 radical (unpaired) electrons. The molecule has 0 N–H and O–H groups in total. The molecule has 2 aromatic rings. The van der Waals surface area contributed by atoms with Crippen LogP contribution in [0.1, 0.15) is 46.7 Å². The van der Waals surface area contributed by atoms with Crippen molar-refractivity contribution in [1.29, 1.82) is 0 Å². The second kappa shape index (κ2) is 3.88. The molecule has 19 heavy (non-hydrogen) atoms. The van der Waals surface area contributed by atoms with Crippen molar-refractivity contribution in [3.63, 3.8) is 0 Å². The summed E-state index contributed by atoms with van der Waals surface area (Å²) in [5.74, 6) is 0.247. The fourth-order valence-electron chi connectivity index (χ4n) is 3.35. The van der Waals surface area contributed by atoms with E-state index in [1.807, 2.05) is 17.0 Å². The summed E-state index contributed by atoms with van der Waals surface area (Å²) in [5, 5.41) is 0. The van der Waals surface area contributed by atoms with Crippen molar-refractivity contribution in [3.05, 3.63) is 59.7 Å². The van der Waals surface area contributed by atoms with Crippen LogP contribution in [-0.2, 0) is 0 Å². The highest BCUT2D eigenvalue weighted by Gasteiger charge is 2.46. The number of hydrogen-bond acceptors (Lipinski definition) is 3. The molecule has 1 fully saturated rings. The Morgan fingerprint density at radius 3 is 2.16 bits per heavy atom. The Morgan fingerprint density at radius 1 is 1.00 bits per heavy atom. The van der Waals surface area contributed by atoms with Crippen LogP contribution in [0, 0.1) is 0 Å². The standard InChI is InChI=1S/C15H13N3O/c19-15(14-16-8-3-9-17-14)18-12-6-7-13(18)11-5-2-1-4-10(11)12/h1-5,8-9,12-13H,6-7H2. The summed E-state index contributed by atoms with van der Waals surface area (Å²) >= 11 is 0. The van der Waals surface area contributed by atoms with Crippen molar-refractivity contribution >= 4 is 5.91 Å². The summed E-state index contributed by atoms with van der Waals surface area (Å²) in [6.07, 6.45) is 5.32. The summed E-state index contributed by atoms with van der Waals surface area (Å²) in [6, 6.07) is 10.5. The van der Waals surface area contributed by atoms with Crippen LogP contribution in [0.3, 0.4) is 0 Å². The lowest BCUT2D eigenvalue weighted by Crippen LogP contribution is -2.29. The highest BCUT2D eigenvalue weighted by molar-refractivity contribution is 5.92. The maximum absolute atomic E-state index is 12.6. The predicted octanol–water partition coefficient (Wildman–Crippen LogP) is 2.51. The van der Waals surface area contributed by atoms with Gasteiger partial charge in [-0.2, -0.15) is 0 Å². The quantitative estimate of drug-likeness (QED) is 0.782. The summed E-state index contributed by atoms with van der Waals surface area (Å²) in [5.41, 5.74) is 2.59. The molecule has 3 heterocycles. The Morgan fingerprint density at radius 2 is 1.58 bits per heavy atom. The number of carbonyl (C=O) groups is 1. The number of aromatic nitrogens is 2. The van der Waals surface area contributed by atoms with Crippen molar-refractivity contribution < 1.29 is 4.79 Å². The number of hydrogen-bond donors (Lipinski definition) is 0. The molecule has 4 rings (SSSR count). The normalized spacial score (nSPS) is 23.5. The molecular weight excluding hydrogens is 238 g/mol. The zero-order valence-corrected chi connectivity index (χ0v) is 10.4. The van der Waals surface area contributed by atoms with E-state index in [1.165, 1.54) is 11.1 Å². The van der Waals surface area contributed by atoms with Crippen LogP contribution in [0.4, 0.5) is 0 Å². The van der Waals surface area contributed by atoms with Crippen molar-refractivity contribution in [3.8, 4) is 0 Å². The van der Waals surface area contributed by atoms with Crippen LogP contribution in [0.15, 0.2) is 42.7 Å². The first kappa shape index (κ1) is 10.7. The molecule has 0 spiro atoms. The van der Waals surface area contributed by atoms with Crippen LogP contribution < -0.4 is 0 Å². The van der Waals surface area contributed by atoms with Crippen molar-refractivity contribution in [2.24, 2.45) is 0 Å². The lowest BCUT2D eigenvalue weighted by Gasteiger charge is -2.21. The highest BCUT2D eigenvalue weighted by atomic mass is 16.2. The number of benzene rings is 1. The molecule has 0 aliphatic carbocycles. The first-order chi connectivity index (χ1) is 9.36. The number of nitrogens with zero attached hydrogens (tertiary/aromatic N) is 3. The minimum absolute atomic E-state index is 0.0516. The largest absolute Gasteiger partial charge is 0.322 e. The van der Waals surface area contributed by atoms with Crippen LogP contribution in [0.25, 0.3) is 0 Å². The third-order valence-electron chi connectivity index (χ3n) is 4.09. The second-order valence-electron chi connectivity index (χ2n) is 5.02. The number of amides is 1. The molecule has 1 saturated heterocycles. The molecule has 2 aliphatic rings. The highest BCUT2D eigenvalue weighted by Crippen LogP contribution is 2.53. The minimum atomic E-state index is -0.0516. The molecule has 2 unspecified atom stereocenters. The molecule has 2 bridgehead atoms. The van der Waals surface area contributed by atoms with Crippen LogP contribution in [-0.4, -0.2) is 20.8 Å². The van der Waals surface area contributed by atoms with E-state index < -0.39 is 0 Å². The van der Waals surface area contributed by atoms with Crippen molar-refractivity contribution in [2.75, 3.05) is 0 Å². The van der Waals surface area contributed by atoms with E-state index >= 15 is 0 Å². The summed E-state index contributed by atoms with van der Waals surface area (Å²) < 4.78 is 0. The fourth-order valence-corrected chi connectivity index (χ4v) is 3.35. The Hall–Kier alpha value is -2.23. The molecule has 4 heteroatoms. The maximum atomic E-state index is 12.6. The van der Waals surface area contributed by atoms with Gasteiger partial charge in [-0.1, -0.05) is 24.3 Å². The van der Waals surface area contributed by atoms with E-state index in [9.17, 15) is 4.79 Å². The van der Waals surface area contributed by atoms with E-state index in [-0.39, 0.29) is 18.0 Å². The number of fused-ring (bicyclic) bond motifs is 5. The van der Waals surface area contributed by atoms with E-state index in [2.05, 4.69) is 22.1 Å². The van der Waals surface area contributed by atoms with E-state index in [1.54, 1.807) is 18.5 Å². The lowest BCUT2D eigenvalue weighted by atomic mass is 9.92. The number of rotatable bonds is 1. The van der Waals surface area contributed by atoms with Crippen LogP contribution >= 0.6 is 0 Å². The van der Waals surface area contributed by atoms with Gasteiger partial charge in [0.25, 0.3) is 5.91 Å². The zero-order valence-electron chi connectivity index (χ0n) is 10.4. The van der Waals surface area contributed by atoms with Crippen LogP contribution in [0.5, 0.6) is 0 Å². The van der Waals surface area contributed by atoms with Gasteiger partial charge < -0.3 is 4.90 Å². The Balaban J connectivity index is 1.75. The van der Waals surface area contributed by atoms with Crippen molar-refractivity contribution in [2.45, 2.75) is 24.9 Å². The topological polar surface area (TPSA) is 46.1 Å². The third-order valence-corrected chi connectivity index (χ3v) is 4.09. The molecule has 2 atom stereocenters. The molecule has 94 valence electrons. The van der Waals surface area contributed by atoms with Gasteiger partial charge in [0.2, 0.25) is 5.82 Å². The third kappa shape index (κ3) is 1.43. The smallest absolute Gasteiger partial charge is 0.292 e. The average Bonchev–Trinajstić information content (AvgIpc) is 3.04. The monoisotopic (exact) mass is 251 g/mol. The predicted molar refractivity (Wildman–Crippen MR) is 69.4 cm³/mol. The first-order valence-corrected chi connectivity index (χ1v) is 6.55. The second-order valence-corrected chi connectivity index (χ2v) is 5.02. The first-order valence-electron chi connectivity index (χ1n) is 6.55. The van der Waals surface area contributed by atoms with E-state index in [4.69, 9.17) is 0 Å². The molecule has 1 amide bonds. The Kier molecular flexibility index (Phi) is 2.18. The number of carbonyl (C=O) groups excluding carboxylic acids is 1. The summed E-state index contributed by atoms with van der Waals surface area (Å²) in [6.45, 7) is 0. The van der Waals surface area contributed by atoms with Gasteiger partial charge in [-0.05, 0) is 30.0 Å². The van der Waals surface area contributed by atoms with Gasteiger partial charge in [-0.25, -0.2) is 9.97 Å². The SMILES string of the molecule is O=C(c1ncccn1)N1C2CCC1c1ccccc12. The van der Waals surface area contributed by atoms with Gasteiger partial charge in [-0.3, -0.25) is 4.79 Å². The Labute approximate surface area is 111 Å². The maximum Gasteiger partial charge on any atom is 0.292 e. The average molecular weight is 251 g/mol. The zero-order chi connectivity index (χ0) is 12.8. The van der Waals surface area contributed by atoms with Gasteiger partial charge in [0.1, 0.15) is 0 Å². The Bertz CT molecular complexity index is 610. The minimum Gasteiger partial charge on any atom is -0.322 e.